The molecule has 1 aliphatic rings. The molecule has 0 spiro atoms. The SMILES string of the molecule is CCCCCCCCCC(=O)N1CCN(C(=O)CCCSc2nnc3c4cc(C)ccc4n(Cc4ccccc4)c3n2)CC1C. The van der Waals surface area contributed by atoms with E-state index in [1.54, 1.807) is 11.8 Å². The molecule has 1 aliphatic heterocycles. The van der Waals surface area contributed by atoms with Crippen molar-refractivity contribution in [3.8, 4) is 0 Å². The Morgan fingerprint density at radius 3 is 2.42 bits per heavy atom. The van der Waals surface area contributed by atoms with Crippen molar-refractivity contribution in [3.63, 3.8) is 0 Å². The topological polar surface area (TPSA) is 84.2 Å². The number of aromatic nitrogens is 4. The third-order valence-corrected chi connectivity index (χ3v) is 9.77. The number of hydrogen-bond donors (Lipinski definition) is 0. The molecule has 0 N–H and O–H groups in total. The number of rotatable bonds is 15. The molecule has 1 fully saturated rings. The Labute approximate surface area is 272 Å². The van der Waals surface area contributed by atoms with Crippen LogP contribution in [0.5, 0.6) is 0 Å². The number of piperazine rings is 1. The summed E-state index contributed by atoms with van der Waals surface area (Å²) in [7, 11) is 0. The van der Waals surface area contributed by atoms with Crippen LogP contribution in [0, 0.1) is 6.92 Å². The van der Waals surface area contributed by atoms with E-state index in [4.69, 9.17) is 4.98 Å². The Morgan fingerprint density at radius 2 is 1.64 bits per heavy atom. The molecule has 4 aromatic rings. The molecule has 9 heteroatoms. The molecular formula is C36H48N6O2S. The number of fused-ring (bicyclic) bond motifs is 3. The van der Waals surface area contributed by atoms with E-state index in [1.165, 1.54) is 43.2 Å². The maximum Gasteiger partial charge on any atom is 0.222 e. The summed E-state index contributed by atoms with van der Waals surface area (Å²) < 4.78 is 2.22. The molecule has 0 saturated carbocycles. The molecule has 2 aromatic heterocycles. The minimum Gasteiger partial charge on any atom is -0.339 e. The van der Waals surface area contributed by atoms with Gasteiger partial charge in [0.25, 0.3) is 0 Å². The molecule has 1 saturated heterocycles. The van der Waals surface area contributed by atoms with E-state index >= 15 is 0 Å². The quantitative estimate of drug-likeness (QED) is 0.101. The highest BCUT2D eigenvalue weighted by Crippen LogP contribution is 2.29. The maximum atomic E-state index is 13.0. The van der Waals surface area contributed by atoms with Crippen molar-refractivity contribution in [1.29, 1.82) is 0 Å². The van der Waals surface area contributed by atoms with Gasteiger partial charge < -0.3 is 14.4 Å². The first-order chi connectivity index (χ1) is 21.9. The van der Waals surface area contributed by atoms with Gasteiger partial charge in [0, 0.05) is 56.2 Å². The number of carbonyl (C=O) groups is 2. The van der Waals surface area contributed by atoms with Crippen molar-refractivity contribution in [2.24, 2.45) is 0 Å². The normalized spacial score (nSPS) is 15.3. The first kappa shape index (κ1) is 32.9. The lowest BCUT2D eigenvalue weighted by Crippen LogP contribution is -2.55. The number of benzene rings is 2. The lowest BCUT2D eigenvalue weighted by molar-refractivity contribution is -0.142. The first-order valence-electron chi connectivity index (χ1n) is 16.8. The van der Waals surface area contributed by atoms with Gasteiger partial charge in [0.15, 0.2) is 5.65 Å². The second kappa shape index (κ2) is 16.2. The monoisotopic (exact) mass is 628 g/mol. The number of aryl methyl sites for hydroxylation is 1. The Morgan fingerprint density at radius 1 is 0.889 bits per heavy atom. The van der Waals surface area contributed by atoms with Gasteiger partial charge in [-0.1, -0.05) is 99.2 Å². The minimum atomic E-state index is 0.0618. The van der Waals surface area contributed by atoms with Gasteiger partial charge >= 0.3 is 0 Å². The van der Waals surface area contributed by atoms with Crippen LogP contribution in [0.2, 0.25) is 0 Å². The van der Waals surface area contributed by atoms with Crippen molar-refractivity contribution in [2.75, 3.05) is 25.4 Å². The third kappa shape index (κ3) is 8.63. The number of carbonyl (C=O) groups excluding carboxylic acids is 2. The minimum absolute atomic E-state index is 0.0618. The number of unbranched alkanes of at least 4 members (excludes halogenated alkanes) is 6. The Hall–Kier alpha value is -3.46. The maximum absolute atomic E-state index is 13.0. The van der Waals surface area contributed by atoms with Gasteiger partial charge in [-0.15, -0.1) is 10.2 Å². The largest absolute Gasteiger partial charge is 0.339 e. The Bertz CT molecular complexity index is 1570. The lowest BCUT2D eigenvalue weighted by Gasteiger charge is -2.40. The van der Waals surface area contributed by atoms with Crippen LogP contribution in [0.1, 0.15) is 89.2 Å². The molecule has 45 heavy (non-hydrogen) atoms. The molecule has 2 aromatic carbocycles. The predicted molar refractivity (Wildman–Crippen MR) is 183 cm³/mol. The first-order valence-corrected chi connectivity index (χ1v) is 17.8. The van der Waals surface area contributed by atoms with E-state index in [1.807, 2.05) is 15.9 Å². The van der Waals surface area contributed by atoms with E-state index < -0.39 is 0 Å². The van der Waals surface area contributed by atoms with Gasteiger partial charge in [0.1, 0.15) is 5.52 Å². The molecular weight excluding hydrogens is 581 g/mol. The Kier molecular flexibility index (Phi) is 11.9. The summed E-state index contributed by atoms with van der Waals surface area (Å²) in [5, 5.41) is 10.8. The summed E-state index contributed by atoms with van der Waals surface area (Å²) in [6.45, 7) is 8.96. The zero-order valence-corrected chi connectivity index (χ0v) is 28.0. The van der Waals surface area contributed by atoms with Crippen LogP contribution < -0.4 is 0 Å². The highest BCUT2D eigenvalue weighted by molar-refractivity contribution is 7.99. The predicted octanol–water partition coefficient (Wildman–Crippen LogP) is 7.41. The van der Waals surface area contributed by atoms with Crippen LogP contribution in [0.3, 0.4) is 0 Å². The second-order valence-electron chi connectivity index (χ2n) is 12.5. The van der Waals surface area contributed by atoms with Gasteiger partial charge in [-0.3, -0.25) is 9.59 Å². The van der Waals surface area contributed by atoms with Crippen LogP contribution in [0.25, 0.3) is 22.1 Å². The second-order valence-corrected chi connectivity index (χ2v) is 13.5. The van der Waals surface area contributed by atoms with E-state index in [-0.39, 0.29) is 17.9 Å². The molecule has 0 bridgehead atoms. The molecule has 1 atom stereocenters. The fourth-order valence-electron chi connectivity index (χ4n) is 6.32. The molecule has 0 aliphatic carbocycles. The number of nitrogens with zero attached hydrogens (tertiary/aromatic N) is 6. The van der Waals surface area contributed by atoms with Crippen molar-refractivity contribution in [1.82, 2.24) is 29.5 Å². The van der Waals surface area contributed by atoms with Gasteiger partial charge in [-0.25, -0.2) is 4.98 Å². The van der Waals surface area contributed by atoms with Gasteiger partial charge in [-0.05, 0) is 44.4 Å². The summed E-state index contributed by atoms with van der Waals surface area (Å²) >= 11 is 1.55. The molecule has 8 nitrogen and oxygen atoms in total. The van der Waals surface area contributed by atoms with Gasteiger partial charge in [0.05, 0.1) is 5.52 Å². The van der Waals surface area contributed by atoms with E-state index in [2.05, 4.69) is 78.0 Å². The van der Waals surface area contributed by atoms with Crippen LogP contribution >= 0.6 is 11.8 Å². The Balaban J connectivity index is 1.10. The molecule has 3 heterocycles. The summed E-state index contributed by atoms with van der Waals surface area (Å²) in [6.07, 6.45) is 10.3. The van der Waals surface area contributed by atoms with E-state index in [0.29, 0.717) is 44.2 Å². The fraction of sp³-hybridized carbons (Fsp3) is 0.528. The zero-order valence-electron chi connectivity index (χ0n) is 27.2. The average Bonchev–Trinajstić information content (AvgIpc) is 3.34. The average molecular weight is 629 g/mol. The standard InChI is InChI=1S/C36H48N6O2S/c1-4-5-6-7-8-9-13-17-33(44)41-22-21-40(25-28(41)3)32(43)18-14-23-45-36-37-35-34(38-39-36)30-24-27(2)19-20-31(30)42(35)26-29-15-11-10-12-16-29/h10-12,15-16,19-20,24,28H,4-9,13-14,17-18,21-23,25-26H2,1-3H3. The fourth-order valence-corrected chi connectivity index (χ4v) is 7.04. The number of hydrogen-bond acceptors (Lipinski definition) is 6. The lowest BCUT2D eigenvalue weighted by atomic mass is 10.1. The highest BCUT2D eigenvalue weighted by Gasteiger charge is 2.29. The summed E-state index contributed by atoms with van der Waals surface area (Å²) in [4.78, 5) is 34.7. The smallest absolute Gasteiger partial charge is 0.222 e. The zero-order chi connectivity index (χ0) is 31.6. The number of amides is 2. The van der Waals surface area contributed by atoms with Crippen LogP contribution in [-0.2, 0) is 16.1 Å². The van der Waals surface area contributed by atoms with Gasteiger partial charge in [0.2, 0.25) is 17.0 Å². The highest BCUT2D eigenvalue weighted by atomic mass is 32.2. The van der Waals surface area contributed by atoms with Crippen LogP contribution in [-0.4, -0.2) is 72.8 Å². The molecule has 1 unspecified atom stereocenters. The number of thioether (sulfide) groups is 1. The van der Waals surface area contributed by atoms with Gasteiger partial charge in [-0.2, -0.15) is 0 Å². The molecule has 0 radical (unpaired) electrons. The van der Waals surface area contributed by atoms with Crippen LogP contribution in [0.4, 0.5) is 0 Å². The summed E-state index contributed by atoms with van der Waals surface area (Å²) in [5.41, 5.74) is 5.13. The molecule has 2 amide bonds. The third-order valence-electron chi connectivity index (χ3n) is 8.85. The van der Waals surface area contributed by atoms with Crippen molar-refractivity contribution in [3.05, 3.63) is 59.7 Å². The summed E-state index contributed by atoms with van der Waals surface area (Å²) in [6, 6.07) is 16.9. The summed E-state index contributed by atoms with van der Waals surface area (Å²) in [5.74, 6) is 1.14. The van der Waals surface area contributed by atoms with Crippen molar-refractivity contribution >= 4 is 45.6 Å². The molecule has 5 rings (SSSR count). The van der Waals surface area contributed by atoms with Crippen molar-refractivity contribution < 1.29 is 9.59 Å². The van der Waals surface area contributed by atoms with Crippen molar-refractivity contribution in [2.45, 2.75) is 103 Å². The molecule has 240 valence electrons. The van der Waals surface area contributed by atoms with E-state index in [9.17, 15) is 9.59 Å². The van der Waals surface area contributed by atoms with Crippen LogP contribution in [0.15, 0.2) is 53.7 Å². The van der Waals surface area contributed by atoms with E-state index in [0.717, 1.165) is 47.1 Å².